The van der Waals surface area contributed by atoms with Gasteiger partial charge in [0.05, 0.1) is 6.61 Å². The first-order chi connectivity index (χ1) is 18.7. The number of carbonyl (C=O) groups excluding carboxylic acids is 2. The highest BCUT2D eigenvalue weighted by Crippen LogP contribution is 2.41. The number of fused-ring (bicyclic) bond motifs is 1. The van der Waals surface area contributed by atoms with Gasteiger partial charge in [0.25, 0.3) is 0 Å². The molecule has 0 bridgehead atoms. The van der Waals surface area contributed by atoms with Crippen molar-refractivity contribution in [3.05, 3.63) is 53.6 Å². The Morgan fingerprint density at radius 1 is 1.03 bits per heavy atom. The van der Waals surface area contributed by atoms with Crippen molar-refractivity contribution >= 4 is 12.4 Å². The molecular weight excluding hydrogens is 488 g/mol. The molecule has 2 aromatic rings. The second-order valence-corrected chi connectivity index (χ2v) is 12.6. The van der Waals surface area contributed by atoms with Crippen LogP contribution < -0.4 is 10.1 Å². The quantitative estimate of drug-likeness (QED) is 0.426. The standard InChI is InChI=1S/C26H31NO4.C7H15N/c1-25(2,3)18-30-24(29)27-14-12-26(13-15-27)11-10-22-16-21(8-9-23(22)31-26)20-6-4-19(17-28)5-7-20;1-8-7-5-3-2-4-6-7/h4-9,16-17H,10-15,18H2,1-3H3;7-8H,2-6H2,1H3. The van der Waals surface area contributed by atoms with Crippen molar-refractivity contribution in [2.75, 3.05) is 26.7 Å². The molecule has 6 heteroatoms. The van der Waals surface area contributed by atoms with Crippen molar-refractivity contribution in [1.29, 1.82) is 0 Å². The summed E-state index contributed by atoms with van der Waals surface area (Å²) < 4.78 is 12.0. The Morgan fingerprint density at radius 2 is 1.69 bits per heavy atom. The Balaban J connectivity index is 0.000000379. The molecule has 212 valence electrons. The molecular formula is C33H46N2O4. The van der Waals surface area contributed by atoms with Gasteiger partial charge in [0.1, 0.15) is 17.6 Å². The third-order valence-electron chi connectivity index (χ3n) is 8.19. The Hall–Kier alpha value is -2.86. The van der Waals surface area contributed by atoms with Gasteiger partial charge < -0.3 is 19.7 Å². The van der Waals surface area contributed by atoms with Gasteiger partial charge >= 0.3 is 6.09 Å². The lowest BCUT2D eigenvalue weighted by Crippen LogP contribution is -2.51. The van der Waals surface area contributed by atoms with Crippen LogP contribution in [0.25, 0.3) is 11.1 Å². The van der Waals surface area contributed by atoms with E-state index in [0.717, 1.165) is 54.9 Å². The Kier molecular flexibility index (Phi) is 9.71. The number of ether oxygens (including phenoxy) is 2. The molecule has 0 aromatic heterocycles. The molecule has 2 aromatic carbocycles. The van der Waals surface area contributed by atoms with Crippen LogP contribution in [0.4, 0.5) is 4.79 Å². The first kappa shape index (κ1) is 29.1. The van der Waals surface area contributed by atoms with Crippen LogP contribution in [-0.4, -0.2) is 55.7 Å². The Bertz CT molecular complexity index is 1090. The van der Waals surface area contributed by atoms with Crippen LogP contribution in [0, 0.1) is 5.41 Å². The zero-order valence-corrected chi connectivity index (χ0v) is 24.3. The van der Waals surface area contributed by atoms with Gasteiger partial charge in [0.2, 0.25) is 0 Å². The number of amides is 1. The molecule has 39 heavy (non-hydrogen) atoms. The van der Waals surface area contributed by atoms with Gasteiger partial charge in [0, 0.05) is 37.5 Å². The summed E-state index contributed by atoms with van der Waals surface area (Å²) in [6.07, 6.45) is 11.3. The zero-order valence-electron chi connectivity index (χ0n) is 24.3. The smallest absolute Gasteiger partial charge is 0.409 e. The summed E-state index contributed by atoms with van der Waals surface area (Å²) in [5, 5.41) is 3.30. The van der Waals surface area contributed by atoms with Crippen molar-refractivity contribution < 1.29 is 19.1 Å². The molecule has 5 rings (SSSR count). The number of carbonyl (C=O) groups is 2. The molecule has 3 aliphatic rings. The van der Waals surface area contributed by atoms with Crippen LogP contribution in [0.15, 0.2) is 42.5 Å². The number of hydrogen-bond acceptors (Lipinski definition) is 5. The van der Waals surface area contributed by atoms with E-state index in [2.05, 4.69) is 51.3 Å². The molecule has 1 aliphatic carbocycles. The summed E-state index contributed by atoms with van der Waals surface area (Å²) in [4.78, 5) is 25.1. The average molecular weight is 535 g/mol. The van der Waals surface area contributed by atoms with Crippen LogP contribution in [0.1, 0.15) is 88.1 Å². The minimum atomic E-state index is -0.216. The van der Waals surface area contributed by atoms with Crippen molar-refractivity contribution in [3.8, 4) is 16.9 Å². The van der Waals surface area contributed by atoms with Crippen molar-refractivity contribution in [2.24, 2.45) is 5.41 Å². The molecule has 0 unspecified atom stereocenters. The van der Waals surface area contributed by atoms with Crippen LogP contribution in [0.2, 0.25) is 0 Å². The molecule has 0 atom stereocenters. The molecule has 1 N–H and O–H groups in total. The summed E-state index contributed by atoms with van der Waals surface area (Å²) in [5.74, 6) is 0.947. The van der Waals surface area contributed by atoms with E-state index in [1.165, 1.54) is 37.7 Å². The molecule has 1 spiro atoms. The largest absolute Gasteiger partial charge is 0.487 e. The van der Waals surface area contributed by atoms with E-state index in [1.807, 2.05) is 29.2 Å². The Morgan fingerprint density at radius 3 is 2.28 bits per heavy atom. The normalized spacial score (nSPS) is 18.8. The second kappa shape index (κ2) is 13.0. The van der Waals surface area contributed by atoms with Gasteiger partial charge in [-0.1, -0.05) is 70.4 Å². The number of hydrogen-bond donors (Lipinski definition) is 1. The third-order valence-corrected chi connectivity index (χ3v) is 8.19. The van der Waals surface area contributed by atoms with Crippen molar-refractivity contribution in [2.45, 2.75) is 90.2 Å². The predicted octanol–water partition coefficient (Wildman–Crippen LogP) is 7.05. The molecule has 1 saturated heterocycles. The fraction of sp³-hybridized carbons (Fsp3) is 0.576. The topological polar surface area (TPSA) is 67.9 Å². The minimum Gasteiger partial charge on any atom is -0.487 e. The summed E-state index contributed by atoms with van der Waals surface area (Å²) in [6, 6.07) is 14.8. The molecule has 6 nitrogen and oxygen atoms in total. The van der Waals surface area contributed by atoms with Crippen LogP contribution in [0.5, 0.6) is 5.75 Å². The van der Waals surface area contributed by atoms with Gasteiger partial charge in [-0.2, -0.15) is 0 Å². The molecule has 1 amide bonds. The van der Waals surface area contributed by atoms with Crippen LogP contribution in [0.3, 0.4) is 0 Å². The summed E-state index contributed by atoms with van der Waals surface area (Å²) in [5.41, 5.74) is 3.90. The molecule has 1 saturated carbocycles. The second-order valence-electron chi connectivity index (χ2n) is 12.6. The van der Waals surface area contributed by atoms with Crippen molar-refractivity contribution in [1.82, 2.24) is 10.2 Å². The zero-order chi connectivity index (χ0) is 27.9. The van der Waals surface area contributed by atoms with E-state index in [0.29, 0.717) is 25.3 Å². The van der Waals surface area contributed by atoms with E-state index < -0.39 is 0 Å². The fourth-order valence-electron chi connectivity index (χ4n) is 5.66. The lowest BCUT2D eigenvalue weighted by Gasteiger charge is -2.44. The molecule has 0 radical (unpaired) electrons. The molecule has 2 heterocycles. The van der Waals surface area contributed by atoms with Gasteiger partial charge in [-0.15, -0.1) is 0 Å². The maximum absolute atomic E-state index is 12.4. The van der Waals surface area contributed by atoms with Gasteiger partial charge in [0.15, 0.2) is 0 Å². The summed E-state index contributed by atoms with van der Waals surface area (Å²) in [7, 11) is 2.07. The lowest BCUT2D eigenvalue weighted by atomic mass is 9.82. The minimum absolute atomic E-state index is 0.0295. The summed E-state index contributed by atoms with van der Waals surface area (Å²) >= 11 is 0. The summed E-state index contributed by atoms with van der Waals surface area (Å²) in [6.45, 7) is 7.94. The number of nitrogens with one attached hydrogen (secondary N) is 1. The maximum atomic E-state index is 12.4. The number of nitrogens with zero attached hydrogens (tertiary/aromatic N) is 1. The van der Waals surface area contributed by atoms with E-state index >= 15 is 0 Å². The molecule has 2 aliphatic heterocycles. The van der Waals surface area contributed by atoms with Crippen LogP contribution >= 0.6 is 0 Å². The first-order valence-corrected chi connectivity index (χ1v) is 14.7. The van der Waals surface area contributed by atoms with E-state index in [-0.39, 0.29) is 17.1 Å². The van der Waals surface area contributed by atoms with Crippen LogP contribution in [-0.2, 0) is 11.2 Å². The lowest BCUT2D eigenvalue weighted by molar-refractivity contribution is -0.0171. The van der Waals surface area contributed by atoms with Gasteiger partial charge in [-0.3, -0.25) is 4.79 Å². The van der Waals surface area contributed by atoms with E-state index in [4.69, 9.17) is 9.47 Å². The number of likely N-dealkylation sites (tertiary alicyclic amines) is 1. The number of aryl methyl sites for hydroxylation is 1. The number of piperidine rings is 1. The SMILES string of the molecule is CC(C)(C)COC(=O)N1CCC2(CCc3cc(-c4ccc(C=O)cc4)ccc3O2)CC1.CNC1CCCCC1. The fourth-order valence-corrected chi connectivity index (χ4v) is 5.66. The highest BCUT2D eigenvalue weighted by atomic mass is 16.6. The highest BCUT2D eigenvalue weighted by molar-refractivity contribution is 5.77. The average Bonchev–Trinajstić information content (AvgIpc) is 2.96. The highest BCUT2D eigenvalue weighted by Gasteiger charge is 2.41. The van der Waals surface area contributed by atoms with E-state index in [9.17, 15) is 9.59 Å². The predicted molar refractivity (Wildman–Crippen MR) is 156 cm³/mol. The number of aldehydes is 1. The number of rotatable bonds is 4. The first-order valence-electron chi connectivity index (χ1n) is 14.7. The van der Waals surface area contributed by atoms with Gasteiger partial charge in [-0.05, 0) is 67.0 Å². The van der Waals surface area contributed by atoms with E-state index in [1.54, 1.807) is 0 Å². The Labute approximate surface area is 234 Å². The molecule has 2 fully saturated rings. The number of benzene rings is 2. The third kappa shape index (κ3) is 8.07. The van der Waals surface area contributed by atoms with Crippen molar-refractivity contribution in [3.63, 3.8) is 0 Å². The maximum Gasteiger partial charge on any atom is 0.409 e. The van der Waals surface area contributed by atoms with Gasteiger partial charge in [-0.25, -0.2) is 4.79 Å². The monoisotopic (exact) mass is 534 g/mol.